The van der Waals surface area contributed by atoms with E-state index in [1.54, 1.807) is 0 Å². The molecule has 3 heteroatoms. The van der Waals surface area contributed by atoms with E-state index < -0.39 is 0 Å². The predicted octanol–water partition coefficient (Wildman–Crippen LogP) is 4.27. The van der Waals surface area contributed by atoms with Gasteiger partial charge in [0.25, 0.3) is 0 Å². The Balaban J connectivity index is 1.72. The monoisotopic (exact) mass is 292 g/mol. The molecule has 0 amide bonds. The minimum Gasteiger partial charge on any atom is -0.490 e. The Morgan fingerprint density at radius 1 is 0.955 bits per heavy atom. The topological polar surface area (TPSA) is 34.0 Å². The van der Waals surface area contributed by atoms with Gasteiger partial charge in [-0.25, -0.2) is 0 Å². The average Bonchev–Trinajstić information content (AvgIpc) is 2.96. The third kappa shape index (κ3) is 3.42. The molecule has 0 aromatic heterocycles. The summed E-state index contributed by atoms with van der Waals surface area (Å²) in [5, 5.41) is 8.73. The zero-order chi connectivity index (χ0) is 15.4. The van der Waals surface area contributed by atoms with Crippen LogP contribution in [0.2, 0.25) is 0 Å². The highest BCUT2D eigenvalue weighted by molar-refractivity contribution is 6.16. The first kappa shape index (κ1) is 14.5. The molecule has 112 valence electrons. The van der Waals surface area contributed by atoms with Crippen LogP contribution in [0.1, 0.15) is 31.4 Å². The van der Waals surface area contributed by atoms with Crippen molar-refractivity contribution in [2.75, 3.05) is 0 Å². The Kier molecular flexibility index (Phi) is 4.33. The summed E-state index contributed by atoms with van der Waals surface area (Å²) in [6, 6.07) is 18.4. The number of benzene rings is 2. The van der Waals surface area contributed by atoms with Crippen LogP contribution in [-0.2, 0) is 6.42 Å². The minimum atomic E-state index is 0.146. The molecule has 0 N–H and O–H groups in total. The van der Waals surface area contributed by atoms with Gasteiger partial charge >= 0.3 is 0 Å². The predicted molar refractivity (Wildman–Crippen MR) is 90.9 cm³/mol. The molecule has 0 saturated carbocycles. The number of para-hydroxylation sites is 1. The number of hydrogen-bond acceptors (Lipinski definition) is 3. The molecular weight excluding hydrogens is 272 g/mol. The van der Waals surface area contributed by atoms with Crippen molar-refractivity contribution in [1.82, 2.24) is 0 Å². The van der Waals surface area contributed by atoms with Crippen LogP contribution in [0, 0.1) is 0 Å². The summed E-state index contributed by atoms with van der Waals surface area (Å²) < 4.78 is 5.88. The Bertz CT molecular complexity index is 702. The molecule has 0 bridgehead atoms. The van der Waals surface area contributed by atoms with E-state index in [1.807, 2.05) is 38.1 Å². The molecule has 0 unspecified atom stereocenters. The molecule has 0 atom stereocenters. The van der Waals surface area contributed by atoms with E-state index in [2.05, 4.69) is 40.5 Å². The molecule has 0 fully saturated rings. The maximum absolute atomic E-state index is 5.88. The highest BCUT2D eigenvalue weighted by Crippen LogP contribution is 2.24. The minimum absolute atomic E-state index is 0.146. The van der Waals surface area contributed by atoms with Crippen molar-refractivity contribution in [3.05, 3.63) is 65.7 Å². The van der Waals surface area contributed by atoms with Gasteiger partial charge in [-0.2, -0.15) is 10.2 Å². The van der Waals surface area contributed by atoms with Gasteiger partial charge in [0.1, 0.15) is 5.75 Å². The summed E-state index contributed by atoms with van der Waals surface area (Å²) in [4.78, 5) is 0. The van der Waals surface area contributed by atoms with Crippen LogP contribution >= 0.6 is 0 Å². The van der Waals surface area contributed by atoms with Crippen LogP contribution < -0.4 is 4.74 Å². The van der Waals surface area contributed by atoms with E-state index in [4.69, 9.17) is 4.74 Å². The zero-order valence-corrected chi connectivity index (χ0v) is 13.0. The van der Waals surface area contributed by atoms with Crippen LogP contribution in [0.25, 0.3) is 0 Å². The van der Waals surface area contributed by atoms with Crippen molar-refractivity contribution >= 4 is 11.4 Å². The van der Waals surface area contributed by atoms with Gasteiger partial charge in [0.15, 0.2) is 0 Å². The summed E-state index contributed by atoms with van der Waals surface area (Å²) in [6.45, 7) is 4.06. The molecule has 0 aliphatic carbocycles. The Hall–Kier alpha value is -2.42. The first-order valence-electron chi connectivity index (χ1n) is 7.64. The molecule has 1 heterocycles. The largest absolute Gasteiger partial charge is 0.490 e. The van der Waals surface area contributed by atoms with Gasteiger partial charge in [-0.05, 0) is 31.5 Å². The van der Waals surface area contributed by atoms with Crippen molar-refractivity contribution in [3.8, 4) is 5.75 Å². The van der Waals surface area contributed by atoms with Gasteiger partial charge in [0.2, 0.25) is 0 Å². The molecule has 0 saturated heterocycles. The van der Waals surface area contributed by atoms with Gasteiger partial charge in [-0.15, -0.1) is 0 Å². The molecule has 3 rings (SSSR count). The lowest BCUT2D eigenvalue weighted by atomic mass is 10.0. The van der Waals surface area contributed by atoms with Crippen molar-refractivity contribution in [3.63, 3.8) is 0 Å². The zero-order valence-electron chi connectivity index (χ0n) is 13.0. The highest BCUT2D eigenvalue weighted by Gasteiger charge is 2.18. The second kappa shape index (κ2) is 6.56. The van der Waals surface area contributed by atoms with Gasteiger partial charge in [-0.1, -0.05) is 42.5 Å². The first-order chi connectivity index (χ1) is 10.7. The smallest absolute Gasteiger partial charge is 0.128 e. The second-order valence-electron chi connectivity index (χ2n) is 5.71. The van der Waals surface area contributed by atoms with E-state index in [1.165, 1.54) is 5.56 Å². The third-order valence-electron chi connectivity index (χ3n) is 3.50. The number of hydrogen-bond donors (Lipinski definition) is 0. The number of nitrogens with zero attached hydrogens (tertiary/aromatic N) is 2. The Labute approximate surface area is 131 Å². The Morgan fingerprint density at radius 3 is 2.45 bits per heavy atom. The third-order valence-corrected chi connectivity index (χ3v) is 3.50. The first-order valence-corrected chi connectivity index (χ1v) is 7.64. The normalized spacial score (nSPS) is 14.0. The van der Waals surface area contributed by atoms with Gasteiger partial charge in [0, 0.05) is 18.4 Å². The van der Waals surface area contributed by atoms with Crippen LogP contribution in [0.15, 0.2) is 64.8 Å². The summed E-state index contributed by atoms with van der Waals surface area (Å²) in [6.07, 6.45) is 1.78. The molecule has 22 heavy (non-hydrogen) atoms. The maximum Gasteiger partial charge on any atom is 0.128 e. The lowest BCUT2D eigenvalue weighted by Crippen LogP contribution is -2.11. The van der Waals surface area contributed by atoms with Crippen molar-refractivity contribution < 1.29 is 4.74 Å². The fraction of sp³-hybridized carbons (Fsp3) is 0.263. The number of ether oxygens (including phenoxy) is 1. The van der Waals surface area contributed by atoms with Gasteiger partial charge in [-0.3, -0.25) is 0 Å². The van der Waals surface area contributed by atoms with E-state index >= 15 is 0 Å². The molecule has 1 aliphatic rings. The molecule has 0 radical (unpaired) electrons. The van der Waals surface area contributed by atoms with Gasteiger partial charge in [0.05, 0.1) is 17.5 Å². The van der Waals surface area contributed by atoms with E-state index in [0.717, 1.165) is 35.6 Å². The molecule has 0 spiro atoms. The average molecular weight is 292 g/mol. The lowest BCUT2D eigenvalue weighted by molar-refractivity contribution is 0.242. The standard InChI is InChI=1S/C19H20N2O/c1-14(2)22-19-11-7-6-10-17(19)18-13-16(20-21-18)12-15-8-4-3-5-9-15/h3-11,14H,12-13H2,1-2H3. The van der Waals surface area contributed by atoms with Crippen LogP contribution in [0.4, 0.5) is 0 Å². The fourth-order valence-electron chi connectivity index (χ4n) is 2.54. The lowest BCUT2D eigenvalue weighted by Gasteiger charge is -2.13. The number of rotatable bonds is 5. The van der Waals surface area contributed by atoms with E-state index in [9.17, 15) is 0 Å². The van der Waals surface area contributed by atoms with Crippen LogP contribution in [0.3, 0.4) is 0 Å². The van der Waals surface area contributed by atoms with E-state index in [0.29, 0.717) is 0 Å². The SMILES string of the molecule is CC(C)Oc1ccccc1C1=NN=C(Cc2ccccc2)C1. The van der Waals surface area contributed by atoms with Crippen molar-refractivity contribution in [2.45, 2.75) is 32.8 Å². The van der Waals surface area contributed by atoms with Crippen molar-refractivity contribution in [1.29, 1.82) is 0 Å². The quantitative estimate of drug-likeness (QED) is 0.810. The highest BCUT2D eigenvalue weighted by atomic mass is 16.5. The van der Waals surface area contributed by atoms with Crippen molar-refractivity contribution in [2.24, 2.45) is 10.2 Å². The molecule has 2 aromatic carbocycles. The Morgan fingerprint density at radius 2 is 1.68 bits per heavy atom. The van der Waals surface area contributed by atoms with Crippen LogP contribution in [-0.4, -0.2) is 17.5 Å². The van der Waals surface area contributed by atoms with Crippen LogP contribution in [0.5, 0.6) is 5.75 Å². The molecule has 1 aliphatic heterocycles. The van der Waals surface area contributed by atoms with E-state index in [-0.39, 0.29) is 6.10 Å². The summed E-state index contributed by atoms with van der Waals surface area (Å²) in [5.74, 6) is 0.882. The summed E-state index contributed by atoms with van der Waals surface area (Å²) in [7, 11) is 0. The fourth-order valence-corrected chi connectivity index (χ4v) is 2.54. The summed E-state index contributed by atoms with van der Waals surface area (Å²) in [5.41, 5.74) is 4.40. The summed E-state index contributed by atoms with van der Waals surface area (Å²) >= 11 is 0. The molecular formula is C19H20N2O. The second-order valence-corrected chi connectivity index (χ2v) is 5.71. The molecule has 3 nitrogen and oxygen atoms in total. The maximum atomic E-state index is 5.88. The van der Waals surface area contributed by atoms with Gasteiger partial charge < -0.3 is 4.74 Å². The molecule has 2 aromatic rings.